The number of nitrogens with one attached hydrogen (secondary N) is 1. The molecule has 6 nitrogen and oxygen atoms in total. The van der Waals surface area contributed by atoms with E-state index in [1.165, 1.54) is 0 Å². The number of aliphatic hydroxyl groups excluding tert-OH is 2. The van der Waals surface area contributed by atoms with Crippen LogP contribution < -0.4 is 10.2 Å². The van der Waals surface area contributed by atoms with Crippen LogP contribution in [0.4, 0.5) is 16.2 Å². The predicted molar refractivity (Wildman–Crippen MR) is 89.9 cm³/mol. The number of aryl methyl sites for hydroxylation is 1. The molecule has 1 heterocycles. The SMILES string of the molecule is CC(C)(C)OC(=O)N1CCCc2cc(NCC(O)CO)ccc21. The van der Waals surface area contributed by atoms with E-state index in [1.54, 1.807) is 4.90 Å². The van der Waals surface area contributed by atoms with Crippen LogP contribution in [0.1, 0.15) is 32.8 Å². The molecule has 0 saturated heterocycles. The monoisotopic (exact) mass is 322 g/mol. The lowest BCUT2D eigenvalue weighted by Crippen LogP contribution is -2.39. The van der Waals surface area contributed by atoms with E-state index >= 15 is 0 Å². The van der Waals surface area contributed by atoms with Gasteiger partial charge >= 0.3 is 6.09 Å². The minimum Gasteiger partial charge on any atom is -0.443 e. The third-order valence-electron chi connectivity index (χ3n) is 3.56. The molecular weight excluding hydrogens is 296 g/mol. The number of amides is 1. The molecule has 6 heteroatoms. The fourth-order valence-corrected chi connectivity index (χ4v) is 2.51. The minimum absolute atomic E-state index is 0.273. The first-order chi connectivity index (χ1) is 10.8. The van der Waals surface area contributed by atoms with Gasteiger partial charge in [0.05, 0.1) is 18.4 Å². The lowest BCUT2D eigenvalue weighted by molar-refractivity contribution is 0.0578. The van der Waals surface area contributed by atoms with E-state index in [4.69, 9.17) is 9.84 Å². The van der Waals surface area contributed by atoms with E-state index in [0.717, 1.165) is 29.8 Å². The molecule has 1 aliphatic rings. The lowest BCUT2D eigenvalue weighted by Gasteiger charge is -2.32. The molecule has 3 N–H and O–H groups in total. The Morgan fingerprint density at radius 2 is 2.17 bits per heavy atom. The summed E-state index contributed by atoms with van der Waals surface area (Å²) >= 11 is 0. The summed E-state index contributed by atoms with van der Waals surface area (Å²) in [6.07, 6.45) is 0.668. The minimum atomic E-state index is -0.788. The van der Waals surface area contributed by atoms with Crippen molar-refractivity contribution in [1.82, 2.24) is 0 Å². The third kappa shape index (κ3) is 4.84. The van der Waals surface area contributed by atoms with Gasteiger partial charge < -0.3 is 20.3 Å². The molecule has 1 aliphatic heterocycles. The fourth-order valence-electron chi connectivity index (χ4n) is 2.51. The van der Waals surface area contributed by atoms with Crippen LogP contribution in [0.15, 0.2) is 18.2 Å². The van der Waals surface area contributed by atoms with Crippen LogP contribution in [0.5, 0.6) is 0 Å². The number of carbonyl (C=O) groups is 1. The van der Waals surface area contributed by atoms with Gasteiger partial charge in [0.2, 0.25) is 0 Å². The molecular formula is C17H26N2O4. The molecule has 0 saturated carbocycles. The molecule has 1 unspecified atom stereocenters. The maximum absolute atomic E-state index is 12.3. The predicted octanol–water partition coefficient (Wildman–Crippen LogP) is 2.14. The number of anilines is 2. The van der Waals surface area contributed by atoms with E-state index in [1.807, 2.05) is 39.0 Å². The van der Waals surface area contributed by atoms with Crippen LogP contribution in [0, 0.1) is 0 Å². The van der Waals surface area contributed by atoms with Crippen molar-refractivity contribution < 1.29 is 19.7 Å². The van der Waals surface area contributed by atoms with Crippen molar-refractivity contribution in [2.45, 2.75) is 45.3 Å². The number of nitrogens with zero attached hydrogens (tertiary/aromatic N) is 1. The quantitative estimate of drug-likeness (QED) is 0.791. The molecule has 0 fully saturated rings. The molecule has 1 amide bonds. The fraction of sp³-hybridized carbons (Fsp3) is 0.588. The van der Waals surface area contributed by atoms with E-state index in [0.29, 0.717) is 6.54 Å². The summed E-state index contributed by atoms with van der Waals surface area (Å²) in [5, 5.41) is 21.3. The largest absolute Gasteiger partial charge is 0.443 e. The van der Waals surface area contributed by atoms with Crippen molar-refractivity contribution in [2.75, 3.05) is 29.9 Å². The Labute approximate surface area is 137 Å². The summed E-state index contributed by atoms with van der Waals surface area (Å²) in [7, 11) is 0. The Balaban J connectivity index is 2.12. The zero-order valence-corrected chi connectivity index (χ0v) is 14.0. The van der Waals surface area contributed by atoms with Gasteiger partial charge in [-0.05, 0) is 57.4 Å². The van der Waals surface area contributed by atoms with Crippen LogP contribution in [0.3, 0.4) is 0 Å². The van der Waals surface area contributed by atoms with Crippen LogP contribution in [0.25, 0.3) is 0 Å². The first kappa shape index (κ1) is 17.6. The maximum atomic E-state index is 12.3. The number of fused-ring (bicyclic) bond motifs is 1. The second-order valence-electron chi connectivity index (χ2n) is 6.80. The molecule has 0 aliphatic carbocycles. The topological polar surface area (TPSA) is 82.0 Å². The number of ether oxygens (including phenoxy) is 1. The highest BCUT2D eigenvalue weighted by Gasteiger charge is 2.27. The lowest BCUT2D eigenvalue weighted by atomic mass is 10.0. The van der Waals surface area contributed by atoms with E-state index in [2.05, 4.69) is 5.32 Å². The number of aliphatic hydroxyl groups is 2. The first-order valence-corrected chi connectivity index (χ1v) is 7.96. The first-order valence-electron chi connectivity index (χ1n) is 7.96. The molecule has 0 spiro atoms. The van der Waals surface area contributed by atoms with Crippen molar-refractivity contribution >= 4 is 17.5 Å². The van der Waals surface area contributed by atoms with E-state index in [-0.39, 0.29) is 19.2 Å². The van der Waals surface area contributed by atoms with E-state index in [9.17, 15) is 9.90 Å². The summed E-state index contributed by atoms with van der Waals surface area (Å²) < 4.78 is 5.47. The summed E-state index contributed by atoms with van der Waals surface area (Å²) in [5.74, 6) is 0. The molecule has 1 aromatic carbocycles. The molecule has 23 heavy (non-hydrogen) atoms. The summed E-state index contributed by atoms with van der Waals surface area (Å²) in [6, 6.07) is 5.74. The Kier molecular flexibility index (Phi) is 5.49. The Hall–Kier alpha value is -1.79. The van der Waals surface area contributed by atoms with Crippen molar-refractivity contribution in [1.29, 1.82) is 0 Å². The van der Waals surface area contributed by atoms with Crippen molar-refractivity contribution in [2.24, 2.45) is 0 Å². The van der Waals surface area contributed by atoms with Crippen LogP contribution in [-0.2, 0) is 11.2 Å². The maximum Gasteiger partial charge on any atom is 0.414 e. The average Bonchev–Trinajstić information content (AvgIpc) is 2.49. The van der Waals surface area contributed by atoms with Gasteiger partial charge in [-0.25, -0.2) is 4.79 Å². The average molecular weight is 322 g/mol. The number of hydrogen-bond acceptors (Lipinski definition) is 5. The second-order valence-corrected chi connectivity index (χ2v) is 6.80. The molecule has 0 bridgehead atoms. The van der Waals surface area contributed by atoms with Crippen LogP contribution in [-0.4, -0.2) is 47.7 Å². The molecule has 0 radical (unpaired) electrons. The molecule has 128 valence electrons. The third-order valence-corrected chi connectivity index (χ3v) is 3.56. The highest BCUT2D eigenvalue weighted by atomic mass is 16.6. The summed E-state index contributed by atoms with van der Waals surface area (Å²) in [6.45, 7) is 6.23. The molecule has 0 aromatic heterocycles. The van der Waals surface area contributed by atoms with Gasteiger partial charge in [0.1, 0.15) is 5.60 Å². The second kappa shape index (κ2) is 7.19. The summed E-state index contributed by atoms with van der Waals surface area (Å²) in [5.41, 5.74) is 2.29. The molecule has 1 aromatic rings. The van der Waals surface area contributed by atoms with Crippen LogP contribution >= 0.6 is 0 Å². The molecule has 1 atom stereocenters. The Morgan fingerprint density at radius 3 is 2.83 bits per heavy atom. The van der Waals surface area contributed by atoms with Gasteiger partial charge in [0, 0.05) is 18.8 Å². The van der Waals surface area contributed by atoms with Crippen molar-refractivity contribution in [3.63, 3.8) is 0 Å². The van der Waals surface area contributed by atoms with Gasteiger partial charge in [-0.1, -0.05) is 0 Å². The highest BCUT2D eigenvalue weighted by Crippen LogP contribution is 2.30. The van der Waals surface area contributed by atoms with Crippen molar-refractivity contribution in [3.05, 3.63) is 23.8 Å². The van der Waals surface area contributed by atoms with Gasteiger partial charge in [-0.3, -0.25) is 4.90 Å². The number of carbonyl (C=O) groups excluding carboxylic acids is 1. The normalized spacial score (nSPS) is 15.8. The number of rotatable bonds is 4. The number of benzene rings is 1. The van der Waals surface area contributed by atoms with Crippen LogP contribution in [0.2, 0.25) is 0 Å². The summed E-state index contributed by atoms with van der Waals surface area (Å²) in [4.78, 5) is 14.0. The van der Waals surface area contributed by atoms with Gasteiger partial charge in [-0.2, -0.15) is 0 Å². The standard InChI is InChI=1S/C17H26N2O4/c1-17(2,3)23-16(22)19-8-4-5-12-9-13(6-7-15(12)19)18-10-14(21)11-20/h6-7,9,14,18,20-21H,4-5,8,10-11H2,1-3H3. The van der Waals surface area contributed by atoms with E-state index < -0.39 is 11.7 Å². The smallest absolute Gasteiger partial charge is 0.414 e. The zero-order valence-electron chi connectivity index (χ0n) is 14.0. The van der Waals surface area contributed by atoms with Gasteiger partial charge in [0.25, 0.3) is 0 Å². The zero-order chi connectivity index (χ0) is 17.0. The van der Waals surface area contributed by atoms with Gasteiger partial charge in [0.15, 0.2) is 0 Å². The highest BCUT2D eigenvalue weighted by molar-refractivity contribution is 5.90. The Morgan fingerprint density at radius 1 is 1.43 bits per heavy atom. The molecule has 2 rings (SSSR count). The van der Waals surface area contributed by atoms with Gasteiger partial charge in [-0.15, -0.1) is 0 Å². The Bertz CT molecular complexity index is 554. The number of hydrogen-bond donors (Lipinski definition) is 3. The van der Waals surface area contributed by atoms with Crippen molar-refractivity contribution in [3.8, 4) is 0 Å².